The lowest BCUT2D eigenvalue weighted by atomic mass is 10.0. The van der Waals surface area contributed by atoms with Crippen molar-refractivity contribution in [1.82, 2.24) is 5.32 Å². The number of carbonyl (C=O) groups is 3. The molecular formula is C17H11F5N2O4S. The number of anilines is 1. The Hall–Kier alpha value is -3.02. The second-order valence-corrected chi connectivity index (χ2v) is 6.76. The zero-order valence-corrected chi connectivity index (χ0v) is 15.4. The maximum Gasteiger partial charge on any atom is 0.341 e. The van der Waals surface area contributed by atoms with Gasteiger partial charge in [-0.3, -0.25) is 9.59 Å². The van der Waals surface area contributed by atoms with E-state index in [1.165, 1.54) is 6.92 Å². The molecule has 0 saturated heterocycles. The van der Waals surface area contributed by atoms with Gasteiger partial charge in [0.05, 0.1) is 17.0 Å². The van der Waals surface area contributed by atoms with Crippen LogP contribution in [0.25, 0.3) is 0 Å². The highest BCUT2D eigenvalue weighted by Gasteiger charge is 2.34. The molecule has 29 heavy (non-hydrogen) atoms. The molecule has 0 spiro atoms. The van der Waals surface area contributed by atoms with Gasteiger partial charge in [-0.05, 0) is 18.9 Å². The minimum absolute atomic E-state index is 0.0410. The Bertz CT molecular complexity index is 1020. The van der Waals surface area contributed by atoms with E-state index in [0.29, 0.717) is 11.3 Å². The number of thiophene rings is 1. The van der Waals surface area contributed by atoms with Crippen LogP contribution >= 0.6 is 11.3 Å². The van der Waals surface area contributed by atoms with Crippen molar-refractivity contribution < 1.29 is 41.1 Å². The largest absolute Gasteiger partial charge is 0.462 e. The number of carbonyl (C=O) groups excluding carboxylic acids is 3. The van der Waals surface area contributed by atoms with Crippen LogP contribution in [0.2, 0.25) is 0 Å². The quantitative estimate of drug-likeness (QED) is 0.335. The highest BCUT2D eigenvalue weighted by molar-refractivity contribution is 7.18. The van der Waals surface area contributed by atoms with Crippen LogP contribution in [0.15, 0.2) is 0 Å². The third-order valence-electron chi connectivity index (χ3n) is 4.02. The van der Waals surface area contributed by atoms with Gasteiger partial charge in [0.1, 0.15) is 10.6 Å². The molecule has 0 aliphatic carbocycles. The minimum atomic E-state index is -2.41. The molecule has 0 fully saturated rings. The standard InChI is InChI=1S/C17H11F5N2O4S/c1-2-28-17(27)6-5-3-4-23-15(26)13(5)29-16(6)24-14(25)7-8(18)10(20)12(22)11(21)9(7)19/h2-4H2,1H3,(H,23,26)(H,24,25). The van der Waals surface area contributed by atoms with Crippen molar-refractivity contribution in [2.45, 2.75) is 13.3 Å². The van der Waals surface area contributed by atoms with Gasteiger partial charge in [0.15, 0.2) is 23.3 Å². The second-order valence-electron chi connectivity index (χ2n) is 5.74. The predicted octanol–water partition coefficient (Wildman–Crippen LogP) is 3.16. The third-order valence-corrected chi connectivity index (χ3v) is 5.16. The third kappa shape index (κ3) is 3.43. The Balaban J connectivity index is 2.09. The SMILES string of the molecule is CCOC(=O)c1c(NC(=O)c2c(F)c(F)c(F)c(F)c2F)sc2c1CCNC2=O. The summed E-state index contributed by atoms with van der Waals surface area (Å²) in [5.41, 5.74) is -1.67. The van der Waals surface area contributed by atoms with Crippen LogP contribution in [0.3, 0.4) is 0 Å². The first-order valence-electron chi connectivity index (χ1n) is 8.12. The Labute approximate surface area is 163 Å². The molecule has 2 N–H and O–H groups in total. The second kappa shape index (κ2) is 7.78. The molecule has 12 heteroatoms. The number of benzene rings is 1. The fourth-order valence-electron chi connectivity index (χ4n) is 2.75. The molecule has 1 aromatic heterocycles. The molecule has 2 amide bonds. The number of esters is 1. The molecule has 0 bridgehead atoms. The van der Waals surface area contributed by atoms with Gasteiger partial charge in [-0.15, -0.1) is 11.3 Å². The van der Waals surface area contributed by atoms with Gasteiger partial charge < -0.3 is 15.4 Å². The number of ether oxygens (including phenoxy) is 1. The van der Waals surface area contributed by atoms with Crippen LogP contribution in [0.1, 0.15) is 42.9 Å². The van der Waals surface area contributed by atoms with Crippen LogP contribution in [-0.4, -0.2) is 30.9 Å². The van der Waals surface area contributed by atoms with E-state index in [4.69, 9.17) is 4.74 Å². The maximum atomic E-state index is 13.9. The van der Waals surface area contributed by atoms with Crippen LogP contribution < -0.4 is 10.6 Å². The van der Waals surface area contributed by atoms with Gasteiger partial charge in [-0.25, -0.2) is 26.7 Å². The van der Waals surface area contributed by atoms with Crippen molar-refractivity contribution in [1.29, 1.82) is 0 Å². The van der Waals surface area contributed by atoms with Gasteiger partial charge in [-0.1, -0.05) is 0 Å². The van der Waals surface area contributed by atoms with Crippen LogP contribution in [0.5, 0.6) is 0 Å². The summed E-state index contributed by atoms with van der Waals surface area (Å²) in [7, 11) is 0. The summed E-state index contributed by atoms with van der Waals surface area (Å²) in [6, 6.07) is 0. The Morgan fingerprint density at radius 1 is 1.03 bits per heavy atom. The molecule has 0 atom stereocenters. The fraction of sp³-hybridized carbons (Fsp3) is 0.235. The lowest BCUT2D eigenvalue weighted by molar-refractivity contribution is 0.0527. The first-order valence-corrected chi connectivity index (χ1v) is 8.94. The molecule has 2 heterocycles. The summed E-state index contributed by atoms with van der Waals surface area (Å²) in [6.07, 6.45) is 0.212. The molecule has 0 saturated carbocycles. The summed E-state index contributed by atoms with van der Waals surface area (Å²) in [4.78, 5) is 36.7. The summed E-state index contributed by atoms with van der Waals surface area (Å²) < 4.78 is 72.6. The average molecular weight is 434 g/mol. The highest BCUT2D eigenvalue weighted by atomic mass is 32.1. The molecule has 1 aliphatic rings. The van der Waals surface area contributed by atoms with Crippen LogP contribution in [-0.2, 0) is 11.2 Å². The van der Waals surface area contributed by atoms with Crippen molar-refractivity contribution in [2.24, 2.45) is 0 Å². The molecule has 3 rings (SSSR count). The van der Waals surface area contributed by atoms with Gasteiger partial charge in [-0.2, -0.15) is 0 Å². The smallest absolute Gasteiger partial charge is 0.341 e. The molecule has 2 aromatic rings. The average Bonchev–Trinajstić information content (AvgIpc) is 3.04. The van der Waals surface area contributed by atoms with E-state index in [1.807, 2.05) is 5.32 Å². The van der Waals surface area contributed by atoms with E-state index in [0.717, 1.165) is 0 Å². The number of rotatable bonds is 4. The van der Waals surface area contributed by atoms with Gasteiger partial charge in [0, 0.05) is 6.54 Å². The van der Waals surface area contributed by atoms with Gasteiger partial charge >= 0.3 is 5.97 Å². The zero-order valence-electron chi connectivity index (χ0n) is 14.6. The summed E-state index contributed by atoms with van der Waals surface area (Å²) >= 11 is 0.619. The summed E-state index contributed by atoms with van der Waals surface area (Å²) in [5, 5.41) is 4.18. The molecule has 6 nitrogen and oxygen atoms in total. The van der Waals surface area contributed by atoms with E-state index < -0.39 is 52.4 Å². The molecule has 154 valence electrons. The highest BCUT2D eigenvalue weighted by Crippen LogP contribution is 2.36. The molecule has 0 unspecified atom stereocenters. The van der Waals surface area contributed by atoms with E-state index in [2.05, 4.69) is 5.32 Å². The Morgan fingerprint density at radius 2 is 1.62 bits per heavy atom. The van der Waals surface area contributed by atoms with Gasteiger partial charge in [0.25, 0.3) is 11.8 Å². The van der Waals surface area contributed by atoms with Crippen LogP contribution in [0.4, 0.5) is 27.0 Å². The fourth-order valence-corrected chi connectivity index (χ4v) is 3.89. The molecule has 0 radical (unpaired) electrons. The first-order chi connectivity index (χ1) is 13.7. The number of fused-ring (bicyclic) bond motifs is 1. The number of hydrogen-bond acceptors (Lipinski definition) is 5. The van der Waals surface area contributed by atoms with E-state index in [9.17, 15) is 36.3 Å². The normalized spacial score (nSPS) is 13.0. The lowest BCUT2D eigenvalue weighted by Gasteiger charge is -2.13. The van der Waals surface area contributed by atoms with Gasteiger partial charge in [0.2, 0.25) is 5.82 Å². The summed E-state index contributed by atoms with van der Waals surface area (Å²) in [6.45, 7) is 1.66. The van der Waals surface area contributed by atoms with Crippen molar-refractivity contribution in [3.63, 3.8) is 0 Å². The number of amides is 2. The van der Waals surface area contributed by atoms with Crippen LogP contribution in [0, 0.1) is 29.1 Å². The molecule has 1 aromatic carbocycles. The van der Waals surface area contributed by atoms with E-state index in [1.54, 1.807) is 0 Å². The topological polar surface area (TPSA) is 84.5 Å². The van der Waals surface area contributed by atoms with Crippen molar-refractivity contribution >= 4 is 34.1 Å². The number of halogens is 5. The zero-order chi connectivity index (χ0) is 21.5. The van der Waals surface area contributed by atoms with Crippen molar-refractivity contribution in [3.8, 4) is 0 Å². The lowest BCUT2D eigenvalue weighted by Crippen LogP contribution is -2.31. The monoisotopic (exact) mass is 434 g/mol. The number of hydrogen-bond donors (Lipinski definition) is 2. The van der Waals surface area contributed by atoms with Crippen molar-refractivity contribution in [3.05, 3.63) is 50.7 Å². The van der Waals surface area contributed by atoms with E-state index in [-0.39, 0.29) is 40.6 Å². The van der Waals surface area contributed by atoms with Crippen molar-refractivity contribution in [2.75, 3.05) is 18.5 Å². The predicted molar refractivity (Wildman–Crippen MR) is 90.5 cm³/mol. The maximum absolute atomic E-state index is 13.9. The Kier molecular flexibility index (Phi) is 5.55. The molecular weight excluding hydrogens is 423 g/mol. The molecule has 1 aliphatic heterocycles. The Morgan fingerprint density at radius 3 is 2.21 bits per heavy atom. The number of nitrogens with one attached hydrogen (secondary N) is 2. The first kappa shape index (κ1) is 20.7. The minimum Gasteiger partial charge on any atom is -0.462 e. The summed E-state index contributed by atoms with van der Waals surface area (Å²) in [5.74, 6) is -14.8. The van der Waals surface area contributed by atoms with E-state index >= 15 is 0 Å².